The molecule has 0 bridgehead atoms. The predicted molar refractivity (Wildman–Crippen MR) is 91.2 cm³/mol. The van der Waals surface area contributed by atoms with Crippen molar-refractivity contribution in [1.82, 2.24) is 14.8 Å². The van der Waals surface area contributed by atoms with Crippen LogP contribution in [0.5, 0.6) is 0 Å². The second-order valence-corrected chi connectivity index (χ2v) is 7.26. The van der Waals surface area contributed by atoms with Gasteiger partial charge < -0.3 is 0 Å². The van der Waals surface area contributed by atoms with Crippen molar-refractivity contribution < 1.29 is 14.2 Å². The number of amidine groups is 1. The molecule has 3 aliphatic heterocycles. The standard InChI is InChI=1S/C16H25N6O2/c1-9(2)7-21-14(23)12-13(19(6)16(21)24)17-15-20(12)8-11(5)18-22(15)10(3)4/h9-10,12H,7-8H2,1-6H3/q+1. The number of amides is 3. The second-order valence-electron chi connectivity index (χ2n) is 7.26. The van der Waals surface area contributed by atoms with Crippen molar-refractivity contribution in [3.63, 3.8) is 0 Å². The molecule has 0 saturated carbocycles. The zero-order valence-corrected chi connectivity index (χ0v) is 15.1. The Morgan fingerprint density at radius 3 is 2.50 bits per heavy atom. The van der Waals surface area contributed by atoms with Gasteiger partial charge in [0, 0.05) is 13.6 Å². The molecule has 130 valence electrons. The molecule has 0 aromatic heterocycles. The third-order valence-corrected chi connectivity index (χ3v) is 4.31. The first kappa shape index (κ1) is 16.6. The number of imide groups is 1. The molecule has 0 aromatic carbocycles. The Labute approximate surface area is 142 Å². The smallest absolute Gasteiger partial charge is 0.270 e. The number of hydrogen-bond donors (Lipinski definition) is 0. The molecule has 3 heterocycles. The zero-order valence-electron chi connectivity index (χ0n) is 15.1. The van der Waals surface area contributed by atoms with E-state index < -0.39 is 6.04 Å². The molecule has 8 heteroatoms. The van der Waals surface area contributed by atoms with Crippen LogP contribution < -0.4 is 0 Å². The highest BCUT2D eigenvalue weighted by atomic mass is 16.2. The second kappa shape index (κ2) is 5.68. The van der Waals surface area contributed by atoms with Crippen molar-refractivity contribution in [3.8, 4) is 0 Å². The van der Waals surface area contributed by atoms with Crippen LogP contribution in [0.15, 0.2) is 10.1 Å². The first-order valence-electron chi connectivity index (χ1n) is 8.37. The molecule has 0 aromatic rings. The normalized spacial score (nSPS) is 24.0. The van der Waals surface area contributed by atoms with Crippen LogP contribution in [0.3, 0.4) is 0 Å². The topological polar surface area (TPSA) is 71.6 Å². The summed E-state index contributed by atoms with van der Waals surface area (Å²) in [4.78, 5) is 33.0. The summed E-state index contributed by atoms with van der Waals surface area (Å²) in [6.07, 6.45) is 0. The fourth-order valence-electron chi connectivity index (χ4n) is 3.24. The first-order valence-corrected chi connectivity index (χ1v) is 8.37. The fraction of sp³-hybridized carbons (Fsp3) is 0.688. The van der Waals surface area contributed by atoms with E-state index in [-0.39, 0.29) is 23.9 Å². The Morgan fingerprint density at radius 2 is 1.92 bits per heavy atom. The van der Waals surface area contributed by atoms with Crippen molar-refractivity contribution in [3.05, 3.63) is 0 Å². The quantitative estimate of drug-likeness (QED) is 0.717. The molecule has 3 aliphatic rings. The van der Waals surface area contributed by atoms with E-state index in [0.717, 1.165) is 5.71 Å². The molecule has 1 unspecified atom stereocenters. The summed E-state index contributed by atoms with van der Waals surface area (Å²) in [5, 5.41) is 6.38. The van der Waals surface area contributed by atoms with Gasteiger partial charge in [-0.3, -0.25) is 14.6 Å². The summed E-state index contributed by atoms with van der Waals surface area (Å²) in [6.45, 7) is 10.9. The molecule has 8 nitrogen and oxygen atoms in total. The largest absolute Gasteiger partial charge is 0.416 e. The molecule has 3 amide bonds. The summed E-state index contributed by atoms with van der Waals surface area (Å²) in [6, 6.07) is -0.740. The molecule has 0 N–H and O–H groups in total. The number of aliphatic imine (C=N–C) groups is 1. The number of guanidine groups is 1. The Kier molecular flexibility index (Phi) is 3.93. The highest BCUT2D eigenvalue weighted by molar-refractivity contribution is 6.23. The fourth-order valence-corrected chi connectivity index (χ4v) is 3.24. The third-order valence-electron chi connectivity index (χ3n) is 4.31. The minimum Gasteiger partial charge on any atom is -0.270 e. The van der Waals surface area contributed by atoms with Gasteiger partial charge in [0.25, 0.3) is 5.91 Å². The average Bonchev–Trinajstić information content (AvgIpc) is 2.87. The number of hydrogen-bond acceptors (Lipinski definition) is 5. The van der Waals surface area contributed by atoms with E-state index in [1.54, 1.807) is 7.05 Å². The van der Waals surface area contributed by atoms with Crippen LogP contribution in [0.2, 0.25) is 0 Å². The van der Waals surface area contributed by atoms with E-state index in [0.29, 0.717) is 24.9 Å². The number of likely N-dealkylation sites (N-methyl/N-ethyl adjacent to an activating group) is 1. The van der Waals surface area contributed by atoms with Crippen molar-refractivity contribution in [2.45, 2.75) is 46.7 Å². The van der Waals surface area contributed by atoms with Gasteiger partial charge in [-0.1, -0.05) is 18.8 Å². The highest BCUT2D eigenvalue weighted by Gasteiger charge is 2.54. The molecular formula is C16H25N6O2+. The van der Waals surface area contributed by atoms with Gasteiger partial charge in [-0.05, 0) is 26.7 Å². The Morgan fingerprint density at radius 1 is 1.25 bits per heavy atom. The van der Waals surface area contributed by atoms with Gasteiger partial charge in [0.05, 0.1) is 11.8 Å². The van der Waals surface area contributed by atoms with E-state index in [2.05, 4.69) is 10.1 Å². The number of nitrogens with zero attached hydrogens (tertiary/aromatic N) is 6. The maximum Gasteiger partial charge on any atom is 0.416 e. The number of carbonyl (C=O) groups excluding carboxylic acids is 2. The monoisotopic (exact) mass is 333 g/mol. The van der Waals surface area contributed by atoms with Crippen molar-refractivity contribution in [2.24, 2.45) is 16.0 Å². The average molecular weight is 333 g/mol. The Balaban J connectivity index is 2.03. The third kappa shape index (κ3) is 2.40. The van der Waals surface area contributed by atoms with Crippen molar-refractivity contribution >= 4 is 29.4 Å². The van der Waals surface area contributed by atoms with Crippen LogP contribution in [0, 0.1) is 5.92 Å². The van der Waals surface area contributed by atoms with E-state index in [4.69, 9.17) is 0 Å². The van der Waals surface area contributed by atoms with Crippen molar-refractivity contribution in [2.75, 3.05) is 20.1 Å². The zero-order chi connectivity index (χ0) is 17.8. The summed E-state index contributed by atoms with van der Waals surface area (Å²) >= 11 is 0. The van der Waals surface area contributed by atoms with E-state index in [9.17, 15) is 9.59 Å². The molecular weight excluding hydrogens is 308 g/mol. The van der Waals surface area contributed by atoms with Crippen LogP contribution in [0.1, 0.15) is 34.6 Å². The molecule has 1 saturated heterocycles. The lowest BCUT2D eigenvalue weighted by Crippen LogP contribution is -2.64. The van der Waals surface area contributed by atoms with Gasteiger partial charge in [-0.15, -0.1) is 10.1 Å². The van der Waals surface area contributed by atoms with Gasteiger partial charge in [-0.25, -0.2) is 9.37 Å². The van der Waals surface area contributed by atoms with E-state index in [1.807, 2.05) is 44.2 Å². The van der Waals surface area contributed by atoms with E-state index in [1.165, 1.54) is 9.80 Å². The number of hydrazone groups is 1. The summed E-state index contributed by atoms with van der Waals surface area (Å²) in [5.41, 5.74) is 0.923. The van der Waals surface area contributed by atoms with E-state index >= 15 is 0 Å². The van der Waals surface area contributed by atoms with Gasteiger partial charge in [0.2, 0.25) is 11.9 Å². The maximum absolute atomic E-state index is 13.0. The number of fused-ring (bicyclic) bond motifs is 2. The molecule has 1 atom stereocenters. The summed E-state index contributed by atoms with van der Waals surface area (Å²) in [5.74, 6) is 1.16. The molecule has 0 radical (unpaired) electrons. The first-order chi connectivity index (χ1) is 11.2. The van der Waals surface area contributed by atoms with Crippen LogP contribution in [0.4, 0.5) is 4.79 Å². The highest BCUT2D eigenvalue weighted by Crippen LogP contribution is 2.24. The predicted octanol–water partition coefficient (Wildman–Crippen LogP) is 0.786. The van der Waals surface area contributed by atoms with Gasteiger partial charge in [-0.2, -0.15) is 0 Å². The van der Waals surface area contributed by atoms with Crippen LogP contribution in [-0.2, 0) is 4.79 Å². The minimum absolute atomic E-state index is 0.116. The molecule has 24 heavy (non-hydrogen) atoms. The summed E-state index contributed by atoms with van der Waals surface area (Å²) in [7, 11) is 1.68. The Bertz CT molecular complexity index is 691. The molecule has 0 aliphatic carbocycles. The lowest BCUT2D eigenvalue weighted by Gasteiger charge is -2.35. The van der Waals surface area contributed by atoms with Crippen LogP contribution in [-0.4, -0.2) is 81.1 Å². The number of urea groups is 1. The van der Waals surface area contributed by atoms with Gasteiger partial charge >= 0.3 is 12.0 Å². The molecule has 3 rings (SSSR count). The van der Waals surface area contributed by atoms with Crippen LogP contribution in [0.25, 0.3) is 0 Å². The Hall–Kier alpha value is -2.25. The number of carbonyl (C=O) groups is 2. The SMILES string of the molecule is CC1=NN(C(C)C)C2=[N+](C1)C1C(=O)N(CC(C)C)C(=O)N(C)C1=N2. The van der Waals surface area contributed by atoms with Crippen LogP contribution >= 0.6 is 0 Å². The van der Waals surface area contributed by atoms with Crippen molar-refractivity contribution in [1.29, 1.82) is 0 Å². The molecule has 0 spiro atoms. The lowest BCUT2D eigenvalue weighted by molar-refractivity contribution is -0.528. The number of rotatable bonds is 3. The van der Waals surface area contributed by atoms with Gasteiger partial charge in [0.15, 0.2) is 0 Å². The minimum atomic E-state index is -0.548. The lowest BCUT2D eigenvalue weighted by atomic mass is 10.1. The van der Waals surface area contributed by atoms with Gasteiger partial charge in [0.1, 0.15) is 6.54 Å². The molecule has 1 fully saturated rings. The summed E-state index contributed by atoms with van der Waals surface area (Å²) < 4.78 is 1.95. The maximum atomic E-state index is 13.0.